The van der Waals surface area contributed by atoms with Crippen LogP contribution in [0.5, 0.6) is 11.5 Å². The molecule has 1 aliphatic heterocycles. The number of nitrogens with zero attached hydrogens (tertiary/aromatic N) is 2. The van der Waals surface area contributed by atoms with Gasteiger partial charge in [-0.25, -0.2) is 4.68 Å². The molecule has 1 amide bonds. The van der Waals surface area contributed by atoms with E-state index in [2.05, 4.69) is 17.0 Å². The quantitative estimate of drug-likeness (QED) is 0.831. The number of carbonyl (C=O) groups excluding carboxylic acids is 1. The van der Waals surface area contributed by atoms with E-state index in [-0.39, 0.29) is 24.8 Å². The van der Waals surface area contributed by atoms with Crippen LogP contribution < -0.4 is 20.3 Å². The van der Waals surface area contributed by atoms with Crippen LogP contribution in [0.3, 0.4) is 0 Å². The predicted molar refractivity (Wildman–Crippen MR) is 83.3 cm³/mol. The van der Waals surface area contributed by atoms with Gasteiger partial charge in [0, 0.05) is 18.2 Å². The second-order valence-electron chi connectivity index (χ2n) is 4.88. The Hall–Kier alpha value is -3.09. The van der Waals surface area contributed by atoms with Gasteiger partial charge >= 0.3 is 0 Å². The molecule has 2 heterocycles. The summed E-state index contributed by atoms with van der Waals surface area (Å²) >= 11 is 0. The molecule has 0 saturated heterocycles. The number of nitrogens with one attached hydrogen (secondary N) is 1. The molecular formula is C16H15N3O4. The SMILES string of the molecule is C=CCNC(=O)Cn1nc(-c2ccc3c(c2)OCO3)ccc1=O. The summed E-state index contributed by atoms with van der Waals surface area (Å²) in [5.41, 5.74) is 0.997. The molecule has 0 unspecified atom stereocenters. The van der Waals surface area contributed by atoms with Crippen LogP contribution in [-0.4, -0.2) is 29.0 Å². The van der Waals surface area contributed by atoms with Gasteiger partial charge < -0.3 is 14.8 Å². The number of rotatable bonds is 5. The van der Waals surface area contributed by atoms with Gasteiger partial charge in [-0.3, -0.25) is 9.59 Å². The van der Waals surface area contributed by atoms with Crippen LogP contribution in [-0.2, 0) is 11.3 Å². The summed E-state index contributed by atoms with van der Waals surface area (Å²) < 4.78 is 11.7. The first-order chi connectivity index (χ1) is 11.2. The number of hydrogen-bond donors (Lipinski definition) is 1. The Balaban J connectivity index is 1.86. The largest absolute Gasteiger partial charge is 0.454 e. The van der Waals surface area contributed by atoms with Crippen LogP contribution in [0, 0.1) is 0 Å². The third kappa shape index (κ3) is 3.23. The maximum atomic E-state index is 11.9. The summed E-state index contributed by atoms with van der Waals surface area (Å²) in [6.07, 6.45) is 1.57. The van der Waals surface area contributed by atoms with Crippen molar-refractivity contribution in [3.8, 4) is 22.8 Å². The van der Waals surface area contributed by atoms with Crippen molar-refractivity contribution in [1.29, 1.82) is 0 Å². The molecule has 2 aromatic rings. The minimum absolute atomic E-state index is 0.148. The van der Waals surface area contributed by atoms with Gasteiger partial charge in [-0.15, -0.1) is 6.58 Å². The van der Waals surface area contributed by atoms with Crippen LogP contribution in [0.1, 0.15) is 0 Å². The summed E-state index contributed by atoms with van der Waals surface area (Å²) in [7, 11) is 0. The molecular weight excluding hydrogens is 298 g/mol. The number of benzene rings is 1. The lowest BCUT2D eigenvalue weighted by Gasteiger charge is -2.08. The van der Waals surface area contributed by atoms with Gasteiger partial charge in [0.15, 0.2) is 11.5 Å². The summed E-state index contributed by atoms with van der Waals surface area (Å²) in [6, 6.07) is 8.39. The molecule has 23 heavy (non-hydrogen) atoms. The topological polar surface area (TPSA) is 82.5 Å². The first-order valence-corrected chi connectivity index (χ1v) is 7.03. The van der Waals surface area contributed by atoms with Gasteiger partial charge in [0.25, 0.3) is 5.56 Å². The number of amides is 1. The Morgan fingerprint density at radius 3 is 2.96 bits per heavy atom. The molecule has 1 aliphatic rings. The number of aromatic nitrogens is 2. The minimum atomic E-state index is -0.344. The molecule has 3 rings (SSSR count). The lowest BCUT2D eigenvalue weighted by molar-refractivity contribution is -0.121. The van der Waals surface area contributed by atoms with E-state index in [9.17, 15) is 9.59 Å². The van der Waals surface area contributed by atoms with Gasteiger partial charge in [-0.1, -0.05) is 6.08 Å². The molecule has 0 radical (unpaired) electrons. The zero-order chi connectivity index (χ0) is 16.2. The summed E-state index contributed by atoms with van der Waals surface area (Å²) in [5, 5.41) is 6.85. The zero-order valence-electron chi connectivity index (χ0n) is 12.3. The van der Waals surface area contributed by atoms with Crippen molar-refractivity contribution in [3.63, 3.8) is 0 Å². The van der Waals surface area contributed by atoms with Gasteiger partial charge in [-0.2, -0.15) is 5.10 Å². The average Bonchev–Trinajstić information content (AvgIpc) is 3.02. The van der Waals surface area contributed by atoms with E-state index in [1.54, 1.807) is 24.3 Å². The molecule has 1 aromatic carbocycles. The Morgan fingerprint density at radius 2 is 2.13 bits per heavy atom. The number of fused-ring (bicyclic) bond motifs is 1. The van der Waals surface area contributed by atoms with Crippen LogP contribution in [0.2, 0.25) is 0 Å². The van der Waals surface area contributed by atoms with Crippen LogP contribution in [0.25, 0.3) is 11.3 Å². The van der Waals surface area contributed by atoms with Gasteiger partial charge in [0.2, 0.25) is 12.7 Å². The number of ether oxygens (including phenoxy) is 2. The summed E-state index contributed by atoms with van der Waals surface area (Å²) in [5.74, 6) is 0.999. The zero-order valence-corrected chi connectivity index (χ0v) is 12.3. The van der Waals surface area contributed by atoms with Crippen molar-refractivity contribution in [2.45, 2.75) is 6.54 Å². The molecule has 118 valence electrons. The minimum Gasteiger partial charge on any atom is -0.454 e. The van der Waals surface area contributed by atoms with Gasteiger partial charge in [-0.05, 0) is 24.3 Å². The number of carbonyl (C=O) groups is 1. The fourth-order valence-electron chi connectivity index (χ4n) is 2.15. The maximum absolute atomic E-state index is 11.9. The van der Waals surface area contributed by atoms with Crippen LogP contribution >= 0.6 is 0 Å². The fraction of sp³-hybridized carbons (Fsp3) is 0.188. The van der Waals surface area contributed by atoms with E-state index < -0.39 is 0 Å². The van der Waals surface area contributed by atoms with E-state index >= 15 is 0 Å². The van der Waals surface area contributed by atoms with E-state index in [1.165, 1.54) is 6.07 Å². The van der Waals surface area contributed by atoms with Crippen molar-refractivity contribution in [2.75, 3.05) is 13.3 Å². The molecule has 1 aromatic heterocycles. The molecule has 0 aliphatic carbocycles. The highest BCUT2D eigenvalue weighted by atomic mass is 16.7. The number of hydrogen-bond acceptors (Lipinski definition) is 5. The Bertz CT molecular complexity index is 813. The van der Waals surface area contributed by atoms with Gasteiger partial charge in [0.1, 0.15) is 6.54 Å². The highest BCUT2D eigenvalue weighted by Gasteiger charge is 2.15. The standard InChI is InChI=1S/C16H15N3O4/c1-2-7-17-15(20)9-19-16(21)6-4-12(18-19)11-3-5-13-14(8-11)23-10-22-13/h2-6,8H,1,7,9-10H2,(H,17,20). The molecule has 0 fully saturated rings. The van der Waals surface area contributed by atoms with Gasteiger partial charge in [0.05, 0.1) is 5.69 Å². The first kappa shape index (κ1) is 14.8. The lowest BCUT2D eigenvalue weighted by Crippen LogP contribution is -2.33. The van der Waals surface area contributed by atoms with Crippen LogP contribution in [0.15, 0.2) is 47.8 Å². The Kier molecular flexibility index (Phi) is 4.09. The second-order valence-corrected chi connectivity index (χ2v) is 4.88. The summed E-state index contributed by atoms with van der Waals surface area (Å²) in [6.45, 7) is 3.90. The average molecular weight is 313 g/mol. The van der Waals surface area contributed by atoms with Crippen molar-refractivity contribution in [3.05, 3.63) is 53.3 Å². The predicted octanol–water partition coefficient (Wildman–Crippen LogP) is 0.941. The summed E-state index contributed by atoms with van der Waals surface area (Å²) in [4.78, 5) is 23.6. The third-order valence-corrected chi connectivity index (χ3v) is 3.27. The highest BCUT2D eigenvalue weighted by molar-refractivity contribution is 5.75. The maximum Gasteiger partial charge on any atom is 0.267 e. The lowest BCUT2D eigenvalue weighted by atomic mass is 10.1. The van der Waals surface area contributed by atoms with Crippen LogP contribution in [0.4, 0.5) is 0 Å². The second kappa shape index (κ2) is 6.35. The van der Waals surface area contributed by atoms with E-state index in [4.69, 9.17) is 9.47 Å². The van der Waals surface area contributed by atoms with E-state index in [1.807, 2.05) is 6.07 Å². The van der Waals surface area contributed by atoms with Crippen molar-refractivity contribution in [1.82, 2.24) is 15.1 Å². The molecule has 0 atom stereocenters. The highest BCUT2D eigenvalue weighted by Crippen LogP contribution is 2.35. The fourth-order valence-corrected chi connectivity index (χ4v) is 2.15. The third-order valence-electron chi connectivity index (χ3n) is 3.27. The van der Waals surface area contributed by atoms with E-state index in [0.717, 1.165) is 10.2 Å². The monoisotopic (exact) mass is 313 g/mol. The van der Waals surface area contributed by atoms with E-state index in [0.29, 0.717) is 23.7 Å². The molecule has 0 spiro atoms. The Labute approximate surface area is 132 Å². The molecule has 7 nitrogen and oxygen atoms in total. The van der Waals surface area contributed by atoms with Crippen molar-refractivity contribution >= 4 is 5.91 Å². The normalized spacial score (nSPS) is 12.0. The first-order valence-electron chi connectivity index (χ1n) is 7.03. The van der Waals surface area contributed by atoms with Crippen molar-refractivity contribution < 1.29 is 14.3 Å². The Morgan fingerprint density at radius 1 is 1.30 bits per heavy atom. The molecule has 0 saturated carbocycles. The molecule has 0 bridgehead atoms. The molecule has 7 heteroatoms. The smallest absolute Gasteiger partial charge is 0.267 e. The van der Waals surface area contributed by atoms with Crippen molar-refractivity contribution in [2.24, 2.45) is 0 Å². The molecule has 1 N–H and O–H groups in total.